The number of hydrogen-bond acceptors (Lipinski definition) is 3. The molecule has 1 aromatic carbocycles. The van der Waals surface area contributed by atoms with Gasteiger partial charge in [-0.2, -0.15) is 0 Å². The Morgan fingerprint density at radius 3 is 2.48 bits per heavy atom. The van der Waals surface area contributed by atoms with Crippen LogP contribution in [0.25, 0.3) is 0 Å². The van der Waals surface area contributed by atoms with Crippen molar-refractivity contribution in [3.05, 3.63) is 35.9 Å². The normalized spacial score (nSPS) is 22.5. The van der Waals surface area contributed by atoms with Crippen molar-refractivity contribution in [3.63, 3.8) is 0 Å². The summed E-state index contributed by atoms with van der Waals surface area (Å²) in [5, 5.41) is 14.2. The second-order valence-electron chi connectivity index (χ2n) is 6.17. The maximum atomic E-state index is 11.9. The number of hydrogen-bond donors (Lipinski definition) is 2. The molecular formula is C17H23NO3. The molecule has 4 nitrogen and oxygen atoms in total. The highest BCUT2D eigenvalue weighted by atomic mass is 16.5. The summed E-state index contributed by atoms with van der Waals surface area (Å²) in [6.07, 6.45) is 3.61. The molecule has 1 saturated carbocycles. The SMILES string of the molecule is O=C(NC[C@](O)(c1ccccc1)C1CCOCC1)C1CC1. The highest BCUT2D eigenvalue weighted by Gasteiger charge is 2.40. The molecular weight excluding hydrogens is 266 g/mol. The standard InChI is InChI=1S/C17H23NO3/c19-16(13-6-7-13)18-12-17(20,14-4-2-1-3-5-14)15-8-10-21-11-9-15/h1-5,13,15,20H,6-12H2,(H,18,19)/t17-/m0/s1. The number of benzene rings is 1. The molecule has 0 bridgehead atoms. The molecule has 1 aromatic rings. The summed E-state index contributed by atoms with van der Waals surface area (Å²) in [5.41, 5.74) is -0.122. The highest BCUT2D eigenvalue weighted by molar-refractivity contribution is 5.80. The predicted octanol–water partition coefficient (Wildman–Crippen LogP) is 1.83. The second-order valence-corrected chi connectivity index (χ2v) is 6.17. The lowest BCUT2D eigenvalue weighted by Gasteiger charge is -2.39. The molecule has 0 radical (unpaired) electrons. The Hall–Kier alpha value is -1.39. The monoisotopic (exact) mass is 289 g/mol. The fourth-order valence-corrected chi connectivity index (χ4v) is 3.10. The molecule has 0 unspecified atom stereocenters. The molecule has 0 aromatic heterocycles. The first kappa shape index (κ1) is 14.5. The van der Waals surface area contributed by atoms with Gasteiger partial charge in [-0.05, 0) is 37.2 Å². The Kier molecular flexibility index (Phi) is 4.27. The van der Waals surface area contributed by atoms with E-state index in [1.54, 1.807) is 0 Å². The van der Waals surface area contributed by atoms with Gasteiger partial charge in [-0.25, -0.2) is 0 Å². The van der Waals surface area contributed by atoms with Crippen molar-refractivity contribution in [2.24, 2.45) is 11.8 Å². The summed E-state index contributed by atoms with van der Waals surface area (Å²) in [4.78, 5) is 11.9. The van der Waals surface area contributed by atoms with Crippen molar-refractivity contribution in [2.45, 2.75) is 31.3 Å². The summed E-state index contributed by atoms with van der Waals surface area (Å²) in [6, 6.07) is 9.69. The van der Waals surface area contributed by atoms with Crippen LogP contribution in [-0.4, -0.2) is 30.8 Å². The van der Waals surface area contributed by atoms with Crippen molar-refractivity contribution in [1.82, 2.24) is 5.32 Å². The minimum atomic E-state index is -1.00. The average Bonchev–Trinajstić information content (AvgIpc) is 3.39. The fourth-order valence-electron chi connectivity index (χ4n) is 3.10. The van der Waals surface area contributed by atoms with Gasteiger partial charge in [-0.15, -0.1) is 0 Å². The van der Waals surface area contributed by atoms with Crippen LogP contribution in [0.2, 0.25) is 0 Å². The molecule has 0 spiro atoms. The fraction of sp³-hybridized carbons (Fsp3) is 0.588. The molecule has 3 rings (SSSR count). The lowest BCUT2D eigenvalue weighted by Crippen LogP contribution is -2.48. The molecule has 1 aliphatic carbocycles. The molecule has 2 aliphatic rings. The first-order valence-electron chi connectivity index (χ1n) is 7.83. The van der Waals surface area contributed by atoms with Crippen LogP contribution in [-0.2, 0) is 15.1 Å². The number of aliphatic hydroxyl groups is 1. The Labute approximate surface area is 125 Å². The lowest BCUT2D eigenvalue weighted by molar-refractivity contribution is -0.125. The number of carbonyl (C=O) groups excluding carboxylic acids is 1. The Bertz CT molecular complexity index is 480. The third-order valence-corrected chi connectivity index (χ3v) is 4.65. The van der Waals surface area contributed by atoms with E-state index in [9.17, 15) is 9.90 Å². The molecule has 114 valence electrons. The van der Waals surface area contributed by atoms with Crippen molar-refractivity contribution in [3.8, 4) is 0 Å². The van der Waals surface area contributed by atoms with E-state index in [1.165, 1.54) is 0 Å². The zero-order valence-electron chi connectivity index (χ0n) is 12.3. The van der Waals surface area contributed by atoms with Gasteiger partial charge in [0, 0.05) is 19.1 Å². The molecule has 21 heavy (non-hydrogen) atoms. The van der Waals surface area contributed by atoms with Gasteiger partial charge >= 0.3 is 0 Å². The number of rotatable bonds is 5. The number of nitrogens with one attached hydrogen (secondary N) is 1. The topological polar surface area (TPSA) is 58.6 Å². The average molecular weight is 289 g/mol. The van der Waals surface area contributed by atoms with Gasteiger partial charge in [0.25, 0.3) is 0 Å². The summed E-state index contributed by atoms with van der Waals surface area (Å²) in [7, 11) is 0. The van der Waals surface area contributed by atoms with Gasteiger partial charge in [0.2, 0.25) is 5.91 Å². The van der Waals surface area contributed by atoms with Gasteiger partial charge in [0.1, 0.15) is 5.60 Å². The largest absolute Gasteiger partial charge is 0.383 e. The molecule has 1 heterocycles. The molecule has 1 saturated heterocycles. The maximum Gasteiger partial charge on any atom is 0.223 e. The minimum Gasteiger partial charge on any atom is -0.383 e. The zero-order chi connectivity index (χ0) is 14.7. The van der Waals surface area contributed by atoms with E-state index in [0.29, 0.717) is 13.2 Å². The minimum absolute atomic E-state index is 0.0800. The Morgan fingerprint density at radius 2 is 1.86 bits per heavy atom. The van der Waals surface area contributed by atoms with Crippen LogP contribution in [0.15, 0.2) is 30.3 Å². The molecule has 1 atom stereocenters. The van der Waals surface area contributed by atoms with E-state index in [2.05, 4.69) is 5.32 Å². The van der Waals surface area contributed by atoms with Gasteiger partial charge in [0.15, 0.2) is 0 Å². The molecule has 2 fully saturated rings. The zero-order valence-corrected chi connectivity index (χ0v) is 12.3. The van der Waals surface area contributed by atoms with E-state index >= 15 is 0 Å². The van der Waals surface area contributed by atoms with Crippen LogP contribution in [0.1, 0.15) is 31.2 Å². The van der Waals surface area contributed by atoms with E-state index in [1.807, 2.05) is 30.3 Å². The third kappa shape index (κ3) is 3.27. The first-order chi connectivity index (χ1) is 10.2. The van der Waals surface area contributed by atoms with Crippen molar-refractivity contribution in [1.29, 1.82) is 0 Å². The second kappa shape index (κ2) is 6.16. The highest BCUT2D eigenvalue weighted by Crippen LogP contribution is 2.36. The Balaban J connectivity index is 1.77. The van der Waals surface area contributed by atoms with Gasteiger partial charge < -0.3 is 15.2 Å². The summed E-state index contributed by atoms with van der Waals surface area (Å²) < 4.78 is 5.41. The van der Waals surface area contributed by atoms with Crippen LogP contribution in [0.4, 0.5) is 0 Å². The van der Waals surface area contributed by atoms with E-state index in [0.717, 1.165) is 31.2 Å². The van der Waals surface area contributed by atoms with Gasteiger partial charge in [0.05, 0.1) is 6.54 Å². The third-order valence-electron chi connectivity index (χ3n) is 4.65. The number of ether oxygens (including phenoxy) is 1. The summed E-state index contributed by atoms with van der Waals surface area (Å²) in [6.45, 7) is 1.64. The van der Waals surface area contributed by atoms with Crippen LogP contribution >= 0.6 is 0 Å². The molecule has 1 aliphatic heterocycles. The molecule has 1 amide bonds. The van der Waals surface area contributed by atoms with E-state index in [4.69, 9.17) is 4.74 Å². The van der Waals surface area contributed by atoms with Crippen LogP contribution < -0.4 is 5.32 Å². The Morgan fingerprint density at radius 1 is 1.19 bits per heavy atom. The van der Waals surface area contributed by atoms with Gasteiger partial charge in [-0.1, -0.05) is 30.3 Å². The smallest absolute Gasteiger partial charge is 0.223 e. The number of carbonyl (C=O) groups is 1. The molecule has 2 N–H and O–H groups in total. The quantitative estimate of drug-likeness (QED) is 0.869. The van der Waals surface area contributed by atoms with E-state index in [-0.39, 0.29) is 24.3 Å². The maximum absolute atomic E-state index is 11.9. The van der Waals surface area contributed by atoms with Crippen molar-refractivity contribution < 1.29 is 14.6 Å². The van der Waals surface area contributed by atoms with Crippen molar-refractivity contribution >= 4 is 5.91 Å². The predicted molar refractivity (Wildman–Crippen MR) is 79.6 cm³/mol. The van der Waals surface area contributed by atoms with Crippen LogP contribution in [0, 0.1) is 11.8 Å². The van der Waals surface area contributed by atoms with Gasteiger partial charge in [-0.3, -0.25) is 4.79 Å². The van der Waals surface area contributed by atoms with Crippen molar-refractivity contribution in [2.75, 3.05) is 19.8 Å². The number of amides is 1. The summed E-state index contributed by atoms with van der Waals surface area (Å²) >= 11 is 0. The van der Waals surface area contributed by atoms with Crippen LogP contribution in [0.5, 0.6) is 0 Å². The van der Waals surface area contributed by atoms with E-state index < -0.39 is 5.60 Å². The molecule has 4 heteroatoms. The first-order valence-corrected chi connectivity index (χ1v) is 7.83. The van der Waals surface area contributed by atoms with Crippen LogP contribution in [0.3, 0.4) is 0 Å². The summed E-state index contributed by atoms with van der Waals surface area (Å²) in [5.74, 6) is 0.365. The lowest BCUT2D eigenvalue weighted by atomic mass is 9.77.